The molecular formula is C24H32N4O4S. The number of nitrogens with one attached hydrogen (secondary N) is 1. The van der Waals surface area contributed by atoms with Gasteiger partial charge in [0.05, 0.1) is 16.1 Å². The number of hydrogen-bond donors (Lipinski definition) is 2. The van der Waals surface area contributed by atoms with Gasteiger partial charge in [0.1, 0.15) is 0 Å². The Bertz CT molecular complexity index is 1130. The minimum atomic E-state index is -3.91. The van der Waals surface area contributed by atoms with Crippen LogP contribution >= 0.6 is 0 Å². The van der Waals surface area contributed by atoms with Crippen molar-refractivity contribution < 1.29 is 18.3 Å². The van der Waals surface area contributed by atoms with Gasteiger partial charge >= 0.3 is 5.97 Å². The number of pyridine rings is 1. The van der Waals surface area contributed by atoms with Crippen molar-refractivity contribution >= 4 is 27.5 Å². The molecule has 178 valence electrons. The first kappa shape index (κ1) is 23.5. The smallest absolute Gasteiger partial charge is 0.337 e. The maximum Gasteiger partial charge on any atom is 0.337 e. The predicted octanol–water partition coefficient (Wildman–Crippen LogP) is 3.51. The van der Waals surface area contributed by atoms with Crippen molar-refractivity contribution in [2.45, 2.75) is 44.4 Å². The second kappa shape index (κ2) is 9.69. The maximum absolute atomic E-state index is 13.2. The Hall–Kier alpha value is -2.65. The van der Waals surface area contributed by atoms with E-state index in [4.69, 9.17) is 0 Å². The van der Waals surface area contributed by atoms with Gasteiger partial charge in [-0.25, -0.2) is 18.2 Å². The van der Waals surface area contributed by atoms with Crippen LogP contribution in [0.4, 0.5) is 11.5 Å². The third-order valence-electron chi connectivity index (χ3n) is 6.68. The minimum Gasteiger partial charge on any atom is -0.478 e. The number of aromatic nitrogens is 1. The van der Waals surface area contributed by atoms with Crippen LogP contribution in [0.5, 0.6) is 0 Å². The van der Waals surface area contributed by atoms with Crippen LogP contribution in [0, 0.1) is 19.8 Å². The maximum atomic E-state index is 13.2. The summed E-state index contributed by atoms with van der Waals surface area (Å²) in [6.45, 7) is 8.63. The standard InChI is InChI=1S/C24H32N4O4S/c1-17-7-8-21(12-18(17)2)33(31,32)26-22-13-20(24(29)30)14-25-23(22)28-11-5-6-19(16-28)15-27-9-3-4-10-27/h7-8,12-14,19,26H,3-6,9-11,15-16H2,1-2H3,(H,29,30). The van der Waals surface area contributed by atoms with Gasteiger partial charge in [0.15, 0.2) is 5.82 Å². The third kappa shape index (κ3) is 5.47. The zero-order chi connectivity index (χ0) is 23.6. The Balaban J connectivity index is 1.62. The molecule has 2 fully saturated rings. The Morgan fingerprint density at radius 3 is 2.58 bits per heavy atom. The van der Waals surface area contributed by atoms with Gasteiger partial charge < -0.3 is 14.9 Å². The number of rotatable bonds is 7. The van der Waals surface area contributed by atoms with Gasteiger partial charge in [-0.05, 0) is 87.9 Å². The monoisotopic (exact) mass is 472 g/mol. The molecule has 9 heteroatoms. The van der Waals surface area contributed by atoms with E-state index in [1.165, 1.54) is 25.1 Å². The Kier molecular flexibility index (Phi) is 6.90. The minimum absolute atomic E-state index is 0.0536. The lowest BCUT2D eigenvalue weighted by Crippen LogP contribution is -2.41. The summed E-state index contributed by atoms with van der Waals surface area (Å²) in [6, 6.07) is 6.32. The molecule has 0 saturated carbocycles. The van der Waals surface area contributed by atoms with Crippen molar-refractivity contribution in [2.75, 3.05) is 42.3 Å². The molecule has 0 bridgehead atoms. The number of aryl methyl sites for hydroxylation is 2. The van der Waals surface area contributed by atoms with Crippen LogP contribution in [-0.4, -0.2) is 62.1 Å². The van der Waals surface area contributed by atoms with E-state index < -0.39 is 16.0 Å². The first-order valence-corrected chi connectivity index (χ1v) is 13.0. The fourth-order valence-electron chi connectivity index (χ4n) is 4.72. The topological polar surface area (TPSA) is 103 Å². The number of piperidine rings is 1. The molecule has 1 atom stereocenters. The van der Waals surface area contributed by atoms with E-state index in [0.717, 1.165) is 56.7 Å². The lowest BCUT2D eigenvalue weighted by Gasteiger charge is -2.36. The van der Waals surface area contributed by atoms with Crippen LogP contribution in [0.3, 0.4) is 0 Å². The summed E-state index contributed by atoms with van der Waals surface area (Å²) in [5.74, 6) is -0.188. The van der Waals surface area contributed by atoms with Gasteiger partial charge in [0.25, 0.3) is 10.0 Å². The molecule has 1 aromatic carbocycles. The van der Waals surface area contributed by atoms with E-state index in [9.17, 15) is 18.3 Å². The molecule has 2 aliphatic rings. The van der Waals surface area contributed by atoms with Gasteiger partial charge in [0.2, 0.25) is 0 Å². The summed E-state index contributed by atoms with van der Waals surface area (Å²) in [6.07, 6.45) is 5.92. The Morgan fingerprint density at radius 1 is 1.12 bits per heavy atom. The zero-order valence-electron chi connectivity index (χ0n) is 19.2. The van der Waals surface area contributed by atoms with Gasteiger partial charge in [0, 0.05) is 25.8 Å². The van der Waals surface area contributed by atoms with Crippen molar-refractivity contribution in [3.63, 3.8) is 0 Å². The highest BCUT2D eigenvalue weighted by Gasteiger charge is 2.27. The lowest BCUT2D eigenvalue weighted by molar-refractivity contribution is 0.0696. The van der Waals surface area contributed by atoms with E-state index in [0.29, 0.717) is 11.7 Å². The molecule has 1 unspecified atom stereocenters. The number of benzene rings is 1. The van der Waals surface area contributed by atoms with Gasteiger partial charge in [-0.2, -0.15) is 0 Å². The van der Waals surface area contributed by atoms with Crippen LogP contribution < -0.4 is 9.62 Å². The zero-order valence-corrected chi connectivity index (χ0v) is 20.1. The molecule has 0 amide bonds. The number of carbonyl (C=O) groups is 1. The number of likely N-dealkylation sites (tertiary alicyclic amines) is 1. The van der Waals surface area contributed by atoms with Crippen molar-refractivity contribution in [1.29, 1.82) is 0 Å². The van der Waals surface area contributed by atoms with E-state index in [1.54, 1.807) is 18.2 Å². The molecule has 4 rings (SSSR count). The first-order chi connectivity index (χ1) is 15.7. The molecule has 2 aliphatic heterocycles. The van der Waals surface area contributed by atoms with E-state index >= 15 is 0 Å². The van der Waals surface area contributed by atoms with Crippen LogP contribution in [0.2, 0.25) is 0 Å². The van der Waals surface area contributed by atoms with E-state index in [2.05, 4.69) is 19.5 Å². The first-order valence-electron chi connectivity index (χ1n) is 11.5. The Morgan fingerprint density at radius 2 is 1.88 bits per heavy atom. The summed E-state index contributed by atoms with van der Waals surface area (Å²) in [5, 5.41) is 9.46. The molecule has 1 aromatic heterocycles. The van der Waals surface area contributed by atoms with Crippen LogP contribution in [0.1, 0.15) is 47.2 Å². The molecule has 2 saturated heterocycles. The highest BCUT2D eigenvalue weighted by Crippen LogP contribution is 2.31. The fraction of sp³-hybridized carbons (Fsp3) is 0.500. The average Bonchev–Trinajstić information content (AvgIpc) is 3.28. The molecule has 2 aromatic rings. The summed E-state index contributed by atoms with van der Waals surface area (Å²) >= 11 is 0. The van der Waals surface area contributed by atoms with E-state index in [-0.39, 0.29) is 16.1 Å². The molecule has 3 heterocycles. The summed E-state index contributed by atoms with van der Waals surface area (Å²) in [7, 11) is -3.91. The van der Waals surface area contributed by atoms with Gasteiger partial charge in [-0.15, -0.1) is 0 Å². The number of nitrogens with zero attached hydrogens (tertiary/aromatic N) is 3. The van der Waals surface area contributed by atoms with Crippen molar-refractivity contribution in [3.8, 4) is 0 Å². The number of sulfonamides is 1. The number of carboxylic acids is 1. The molecule has 8 nitrogen and oxygen atoms in total. The average molecular weight is 473 g/mol. The van der Waals surface area contributed by atoms with Crippen molar-refractivity contribution in [1.82, 2.24) is 9.88 Å². The Labute approximate surface area is 195 Å². The van der Waals surface area contributed by atoms with Crippen LogP contribution in [-0.2, 0) is 10.0 Å². The van der Waals surface area contributed by atoms with Crippen LogP contribution in [0.25, 0.3) is 0 Å². The van der Waals surface area contributed by atoms with Crippen LogP contribution in [0.15, 0.2) is 35.4 Å². The summed E-state index contributed by atoms with van der Waals surface area (Å²) in [4.78, 5) is 20.7. The van der Waals surface area contributed by atoms with Gasteiger partial charge in [-0.3, -0.25) is 4.72 Å². The molecule has 33 heavy (non-hydrogen) atoms. The fourth-order valence-corrected chi connectivity index (χ4v) is 5.86. The third-order valence-corrected chi connectivity index (χ3v) is 8.04. The second-order valence-corrected chi connectivity index (χ2v) is 10.9. The summed E-state index contributed by atoms with van der Waals surface area (Å²) < 4.78 is 29.0. The van der Waals surface area contributed by atoms with Crippen molar-refractivity contribution in [3.05, 3.63) is 47.2 Å². The molecule has 0 aliphatic carbocycles. The summed E-state index contributed by atoms with van der Waals surface area (Å²) in [5.41, 5.74) is 2.02. The van der Waals surface area contributed by atoms with Crippen molar-refractivity contribution in [2.24, 2.45) is 5.92 Å². The number of anilines is 2. The van der Waals surface area contributed by atoms with Gasteiger partial charge in [-0.1, -0.05) is 6.07 Å². The van der Waals surface area contributed by atoms with E-state index in [1.807, 2.05) is 13.8 Å². The molecule has 0 spiro atoms. The molecule has 2 N–H and O–H groups in total. The highest BCUT2D eigenvalue weighted by atomic mass is 32.2. The predicted molar refractivity (Wildman–Crippen MR) is 129 cm³/mol. The lowest BCUT2D eigenvalue weighted by atomic mass is 9.97. The number of hydrogen-bond acceptors (Lipinski definition) is 6. The quantitative estimate of drug-likeness (QED) is 0.636. The number of carboxylic acid groups (broad SMARTS) is 1. The molecule has 0 radical (unpaired) electrons. The highest BCUT2D eigenvalue weighted by molar-refractivity contribution is 7.92. The number of aromatic carboxylic acids is 1. The normalized spacial score (nSPS) is 19.6. The SMILES string of the molecule is Cc1ccc(S(=O)(=O)Nc2cc(C(=O)O)cnc2N2CCCC(CN3CCCC3)C2)cc1C. The molecular weight excluding hydrogens is 440 g/mol. The second-order valence-electron chi connectivity index (χ2n) is 9.21. The largest absolute Gasteiger partial charge is 0.478 e.